The van der Waals surface area contributed by atoms with E-state index in [0.29, 0.717) is 0 Å². The Kier molecular flexibility index (Phi) is 4.61. The summed E-state index contributed by atoms with van der Waals surface area (Å²) in [4.78, 5) is 0. The maximum atomic E-state index is 4.58. The molecule has 0 fully saturated rings. The number of nitrogens with one attached hydrogen (secondary N) is 1. The summed E-state index contributed by atoms with van der Waals surface area (Å²) in [5, 5.41) is 8.19. The summed E-state index contributed by atoms with van der Waals surface area (Å²) >= 11 is 0. The zero-order valence-electron chi connectivity index (χ0n) is 13.2. The molecule has 1 heterocycles. The second-order valence-corrected chi connectivity index (χ2v) is 5.41. The number of hydrogen-bond acceptors (Lipinski definition) is 2. The number of nitrogens with zero attached hydrogens (tertiary/aromatic N) is 2. The predicted molar refractivity (Wildman–Crippen MR) is 84.0 cm³/mol. The van der Waals surface area contributed by atoms with Crippen molar-refractivity contribution in [1.82, 2.24) is 15.1 Å². The van der Waals surface area contributed by atoms with Crippen LogP contribution >= 0.6 is 0 Å². The summed E-state index contributed by atoms with van der Waals surface area (Å²) in [6.45, 7) is 9.58. The lowest BCUT2D eigenvalue weighted by Crippen LogP contribution is -2.23. The summed E-state index contributed by atoms with van der Waals surface area (Å²) in [6.07, 6.45) is 3.11. The van der Waals surface area contributed by atoms with Crippen molar-refractivity contribution in [3.05, 3.63) is 52.3 Å². The van der Waals surface area contributed by atoms with Crippen LogP contribution in [0.3, 0.4) is 0 Å². The first-order valence-corrected chi connectivity index (χ1v) is 7.39. The monoisotopic (exact) mass is 271 g/mol. The van der Waals surface area contributed by atoms with Crippen LogP contribution in [-0.2, 0) is 13.5 Å². The van der Waals surface area contributed by atoms with Gasteiger partial charge in [0.15, 0.2) is 0 Å². The van der Waals surface area contributed by atoms with Crippen LogP contribution in [-0.4, -0.2) is 16.3 Å². The Labute approximate surface area is 122 Å². The minimum absolute atomic E-state index is 0.226. The summed E-state index contributed by atoms with van der Waals surface area (Å²) in [5.41, 5.74) is 6.47. The average molecular weight is 271 g/mol. The highest BCUT2D eigenvalue weighted by Gasteiger charge is 2.20. The van der Waals surface area contributed by atoms with E-state index >= 15 is 0 Å². The number of aromatic nitrogens is 2. The van der Waals surface area contributed by atoms with Crippen molar-refractivity contribution in [2.75, 3.05) is 6.54 Å². The summed E-state index contributed by atoms with van der Waals surface area (Å²) in [6, 6.07) is 6.91. The van der Waals surface area contributed by atoms with Crippen LogP contribution in [0.1, 0.15) is 47.8 Å². The highest BCUT2D eigenvalue weighted by Crippen LogP contribution is 2.27. The van der Waals surface area contributed by atoms with Gasteiger partial charge in [-0.15, -0.1) is 0 Å². The third-order valence-corrected chi connectivity index (χ3v) is 3.73. The molecule has 3 heteroatoms. The number of rotatable bonds is 5. The summed E-state index contributed by atoms with van der Waals surface area (Å²) in [7, 11) is 1.99. The highest BCUT2D eigenvalue weighted by molar-refractivity contribution is 5.39. The topological polar surface area (TPSA) is 29.9 Å². The Morgan fingerprint density at radius 2 is 1.95 bits per heavy atom. The molecule has 1 aromatic carbocycles. The number of aryl methyl sites for hydroxylation is 4. The smallest absolute Gasteiger partial charge is 0.0673 e. The van der Waals surface area contributed by atoms with E-state index in [1.54, 1.807) is 0 Å². The van der Waals surface area contributed by atoms with Gasteiger partial charge in [0.25, 0.3) is 0 Å². The van der Waals surface area contributed by atoms with Crippen LogP contribution in [0.25, 0.3) is 0 Å². The predicted octanol–water partition coefficient (Wildman–Crippen LogP) is 3.30. The lowest BCUT2D eigenvalue weighted by Gasteiger charge is -2.21. The Bertz CT molecular complexity index is 584. The van der Waals surface area contributed by atoms with E-state index in [1.165, 1.54) is 27.9 Å². The molecular weight excluding hydrogens is 246 g/mol. The van der Waals surface area contributed by atoms with Gasteiger partial charge in [-0.2, -0.15) is 5.10 Å². The molecule has 0 radical (unpaired) electrons. The Morgan fingerprint density at radius 3 is 2.55 bits per heavy atom. The zero-order valence-corrected chi connectivity index (χ0v) is 13.2. The van der Waals surface area contributed by atoms with Gasteiger partial charge < -0.3 is 5.32 Å². The van der Waals surface area contributed by atoms with Crippen molar-refractivity contribution in [2.24, 2.45) is 7.05 Å². The van der Waals surface area contributed by atoms with Crippen molar-refractivity contribution >= 4 is 0 Å². The SMILES string of the molecule is CCNC(c1ccc(C)cc1C)c1cn(C)nc1CC. The van der Waals surface area contributed by atoms with Gasteiger partial charge >= 0.3 is 0 Å². The molecule has 0 aliphatic carbocycles. The molecule has 0 saturated carbocycles. The molecule has 108 valence electrons. The van der Waals surface area contributed by atoms with Crippen molar-refractivity contribution < 1.29 is 0 Å². The molecule has 20 heavy (non-hydrogen) atoms. The second-order valence-electron chi connectivity index (χ2n) is 5.41. The highest BCUT2D eigenvalue weighted by atomic mass is 15.3. The average Bonchev–Trinajstić information content (AvgIpc) is 2.78. The van der Waals surface area contributed by atoms with Crippen LogP contribution in [0.15, 0.2) is 24.4 Å². The van der Waals surface area contributed by atoms with E-state index in [1.807, 2.05) is 11.7 Å². The van der Waals surface area contributed by atoms with E-state index in [0.717, 1.165) is 13.0 Å². The van der Waals surface area contributed by atoms with E-state index < -0.39 is 0 Å². The van der Waals surface area contributed by atoms with Crippen LogP contribution in [0, 0.1) is 13.8 Å². The Hall–Kier alpha value is -1.61. The van der Waals surface area contributed by atoms with Crippen LogP contribution in [0.4, 0.5) is 0 Å². The molecule has 0 aliphatic rings. The van der Waals surface area contributed by atoms with E-state index in [9.17, 15) is 0 Å². The zero-order chi connectivity index (χ0) is 14.7. The molecule has 2 aromatic rings. The van der Waals surface area contributed by atoms with Gasteiger partial charge in [-0.05, 0) is 37.9 Å². The third-order valence-electron chi connectivity index (χ3n) is 3.73. The van der Waals surface area contributed by atoms with Crippen LogP contribution in [0.2, 0.25) is 0 Å². The van der Waals surface area contributed by atoms with Crippen LogP contribution < -0.4 is 5.32 Å². The van der Waals surface area contributed by atoms with Gasteiger partial charge in [0, 0.05) is 18.8 Å². The molecule has 0 bridgehead atoms. The maximum absolute atomic E-state index is 4.58. The van der Waals surface area contributed by atoms with Crippen molar-refractivity contribution in [1.29, 1.82) is 0 Å². The quantitative estimate of drug-likeness (QED) is 0.904. The molecule has 0 amide bonds. The molecular formula is C17H25N3. The molecule has 0 saturated heterocycles. The van der Waals surface area contributed by atoms with E-state index in [2.05, 4.69) is 62.5 Å². The standard InChI is InChI=1S/C17H25N3/c1-6-16-15(11-20(5)19-16)17(18-7-2)14-9-8-12(3)10-13(14)4/h8-11,17-18H,6-7H2,1-5H3. The molecule has 0 spiro atoms. The van der Waals surface area contributed by atoms with Gasteiger partial charge in [0.05, 0.1) is 11.7 Å². The van der Waals surface area contributed by atoms with Crippen molar-refractivity contribution in [3.63, 3.8) is 0 Å². The number of hydrogen-bond donors (Lipinski definition) is 1. The van der Waals surface area contributed by atoms with Gasteiger partial charge in [-0.3, -0.25) is 4.68 Å². The summed E-state index contributed by atoms with van der Waals surface area (Å²) in [5.74, 6) is 0. The molecule has 0 aliphatic heterocycles. The largest absolute Gasteiger partial charge is 0.306 e. The minimum atomic E-state index is 0.226. The second kappa shape index (κ2) is 6.23. The molecule has 2 rings (SSSR count). The first kappa shape index (κ1) is 14.8. The fourth-order valence-corrected chi connectivity index (χ4v) is 2.81. The van der Waals surface area contributed by atoms with Crippen molar-refractivity contribution in [3.8, 4) is 0 Å². The fourth-order valence-electron chi connectivity index (χ4n) is 2.81. The third kappa shape index (κ3) is 2.93. The first-order chi connectivity index (χ1) is 9.56. The van der Waals surface area contributed by atoms with E-state index in [-0.39, 0.29) is 6.04 Å². The van der Waals surface area contributed by atoms with Crippen LogP contribution in [0.5, 0.6) is 0 Å². The van der Waals surface area contributed by atoms with Gasteiger partial charge in [0.2, 0.25) is 0 Å². The number of benzene rings is 1. The normalized spacial score (nSPS) is 12.7. The lowest BCUT2D eigenvalue weighted by molar-refractivity contribution is 0.622. The van der Waals surface area contributed by atoms with Gasteiger partial charge in [-0.25, -0.2) is 0 Å². The Morgan fingerprint density at radius 1 is 1.20 bits per heavy atom. The van der Waals surface area contributed by atoms with Gasteiger partial charge in [-0.1, -0.05) is 37.6 Å². The Balaban J connectivity index is 2.49. The molecule has 1 atom stereocenters. The summed E-state index contributed by atoms with van der Waals surface area (Å²) < 4.78 is 1.92. The molecule has 1 aromatic heterocycles. The molecule has 1 N–H and O–H groups in total. The van der Waals surface area contributed by atoms with Gasteiger partial charge in [0.1, 0.15) is 0 Å². The molecule has 1 unspecified atom stereocenters. The van der Waals surface area contributed by atoms with Crippen molar-refractivity contribution in [2.45, 2.75) is 40.2 Å². The maximum Gasteiger partial charge on any atom is 0.0673 e. The first-order valence-electron chi connectivity index (χ1n) is 7.39. The lowest BCUT2D eigenvalue weighted by atomic mass is 9.93. The van der Waals surface area contributed by atoms with E-state index in [4.69, 9.17) is 0 Å². The fraction of sp³-hybridized carbons (Fsp3) is 0.471. The molecule has 3 nitrogen and oxygen atoms in total. The minimum Gasteiger partial charge on any atom is -0.306 e.